The first-order chi connectivity index (χ1) is 7.49. The van der Waals surface area contributed by atoms with Crippen molar-refractivity contribution in [3.8, 4) is 0 Å². The van der Waals surface area contributed by atoms with E-state index in [1.165, 1.54) is 17.0 Å². The Bertz CT molecular complexity index is 431. The summed E-state index contributed by atoms with van der Waals surface area (Å²) in [4.78, 5) is 13.3. The van der Waals surface area contributed by atoms with Crippen LogP contribution in [0.1, 0.15) is 6.42 Å². The van der Waals surface area contributed by atoms with Crippen LogP contribution in [0.4, 0.5) is 10.1 Å². The second-order valence-corrected chi connectivity index (χ2v) is 5.64. The van der Waals surface area contributed by atoms with E-state index in [0.29, 0.717) is 18.7 Å². The summed E-state index contributed by atoms with van der Waals surface area (Å²) in [5.41, 5.74) is 0.531. The molecule has 0 saturated carbocycles. The number of carbonyl (C=O) groups excluding carboxylic acids is 1. The summed E-state index contributed by atoms with van der Waals surface area (Å²) >= 11 is 14.7. The molecule has 1 heterocycles. The van der Waals surface area contributed by atoms with E-state index in [4.69, 9.17) is 23.2 Å². The highest BCUT2D eigenvalue weighted by atomic mass is 79.9. The zero-order valence-corrected chi connectivity index (χ0v) is 11.1. The van der Waals surface area contributed by atoms with Crippen LogP contribution in [0.2, 0.25) is 10.0 Å². The first-order valence-electron chi connectivity index (χ1n) is 4.58. The third-order valence-electron chi connectivity index (χ3n) is 2.36. The van der Waals surface area contributed by atoms with Gasteiger partial charge in [0.25, 0.3) is 0 Å². The molecular formula is C10H7BrCl2FNO. The Balaban J connectivity index is 2.38. The lowest BCUT2D eigenvalue weighted by atomic mass is 10.3. The summed E-state index contributed by atoms with van der Waals surface area (Å²) in [6, 6.07) is 2.82. The fraction of sp³-hybridized carbons (Fsp3) is 0.300. The lowest BCUT2D eigenvalue weighted by Gasteiger charge is -2.16. The summed E-state index contributed by atoms with van der Waals surface area (Å²) in [6.07, 6.45) is 0.423. The average Bonchev–Trinajstić information content (AvgIpc) is 2.53. The molecule has 1 fully saturated rings. The monoisotopic (exact) mass is 325 g/mol. The minimum Gasteiger partial charge on any atom is -0.311 e. The Kier molecular flexibility index (Phi) is 3.42. The molecule has 86 valence electrons. The van der Waals surface area contributed by atoms with Crippen molar-refractivity contribution in [3.63, 3.8) is 0 Å². The number of alkyl halides is 1. The summed E-state index contributed by atoms with van der Waals surface area (Å²) in [5.74, 6) is -0.685. The second-order valence-electron chi connectivity index (χ2n) is 3.53. The van der Waals surface area contributed by atoms with Gasteiger partial charge in [0.15, 0.2) is 5.82 Å². The topological polar surface area (TPSA) is 20.3 Å². The average molecular weight is 327 g/mol. The second kappa shape index (κ2) is 4.51. The van der Waals surface area contributed by atoms with Gasteiger partial charge in [-0.1, -0.05) is 39.1 Å². The maximum absolute atomic E-state index is 13.2. The van der Waals surface area contributed by atoms with E-state index in [0.717, 1.165) is 0 Å². The molecular weight excluding hydrogens is 320 g/mol. The van der Waals surface area contributed by atoms with E-state index >= 15 is 0 Å². The molecule has 1 aliphatic heterocycles. The Morgan fingerprint density at radius 1 is 1.38 bits per heavy atom. The van der Waals surface area contributed by atoms with Gasteiger partial charge in [-0.25, -0.2) is 4.39 Å². The Morgan fingerprint density at radius 2 is 1.94 bits per heavy atom. The van der Waals surface area contributed by atoms with E-state index in [2.05, 4.69) is 15.9 Å². The molecule has 0 aromatic heterocycles. The number of benzene rings is 1. The minimum atomic E-state index is -0.658. The highest BCUT2D eigenvalue weighted by Gasteiger charge is 2.29. The van der Waals surface area contributed by atoms with Crippen LogP contribution in [-0.2, 0) is 4.79 Å². The van der Waals surface area contributed by atoms with Gasteiger partial charge in [0.05, 0.1) is 10.0 Å². The Morgan fingerprint density at radius 3 is 2.38 bits per heavy atom. The number of hydrogen-bond acceptors (Lipinski definition) is 1. The highest BCUT2D eigenvalue weighted by molar-refractivity contribution is 9.09. The number of carbonyl (C=O) groups is 1. The van der Waals surface area contributed by atoms with E-state index in [-0.39, 0.29) is 20.8 Å². The SMILES string of the molecule is O=C1CC(Br)CN1c1cc(Cl)c(F)c(Cl)c1. The van der Waals surface area contributed by atoms with Crippen LogP contribution in [0.3, 0.4) is 0 Å². The molecule has 1 amide bonds. The van der Waals surface area contributed by atoms with E-state index in [1.807, 2.05) is 0 Å². The summed E-state index contributed by atoms with van der Waals surface area (Å²) in [5, 5.41) is -0.151. The standard InChI is InChI=1S/C10H7BrCl2FNO/c11-5-1-9(16)15(4-5)6-2-7(12)10(14)8(13)3-6/h2-3,5H,1,4H2. The maximum Gasteiger partial charge on any atom is 0.228 e. The highest BCUT2D eigenvalue weighted by Crippen LogP contribution is 2.32. The Hall–Kier alpha value is -0.320. The van der Waals surface area contributed by atoms with Crippen LogP contribution in [-0.4, -0.2) is 17.3 Å². The van der Waals surface area contributed by atoms with Crippen molar-refractivity contribution < 1.29 is 9.18 Å². The van der Waals surface area contributed by atoms with E-state index < -0.39 is 5.82 Å². The molecule has 0 spiro atoms. The smallest absolute Gasteiger partial charge is 0.228 e. The van der Waals surface area contributed by atoms with Gasteiger partial charge >= 0.3 is 0 Å². The van der Waals surface area contributed by atoms with Crippen LogP contribution >= 0.6 is 39.1 Å². The van der Waals surface area contributed by atoms with Gasteiger partial charge in [-0.05, 0) is 12.1 Å². The zero-order chi connectivity index (χ0) is 11.9. The largest absolute Gasteiger partial charge is 0.311 e. The molecule has 1 saturated heterocycles. The molecule has 1 aromatic rings. The number of anilines is 1. The number of hydrogen-bond donors (Lipinski definition) is 0. The van der Waals surface area contributed by atoms with Crippen molar-refractivity contribution in [1.29, 1.82) is 0 Å². The fourth-order valence-electron chi connectivity index (χ4n) is 1.61. The quantitative estimate of drug-likeness (QED) is 0.570. The number of nitrogens with zero attached hydrogens (tertiary/aromatic N) is 1. The normalized spacial score (nSPS) is 20.6. The molecule has 0 bridgehead atoms. The van der Waals surface area contributed by atoms with Crippen LogP contribution < -0.4 is 4.90 Å². The molecule has 1 unspecified atom stereocenters. The third-order valence-corrected chi connectivity index (χ3v) is 3.52. The van der Waals surface area contributed by atoms with Crippen molar-refractivity contribution in [1.82, 2.24) is 0 Å². The lowest BCUT2D eigenvalue weighted by molar-refractivity contribution is -0.117. The molecule has 0 aliphatic carbocycles. The maximum atomic E-state index is 13.2. The number of amides is 1. The molecule has 0 N–H and O–H groups in total. The molecule has 16 heavy (non-hydrogen) atoms. The Labute approximate surface area is 110 Å². The predicted octanol–water partition coefficient (Wildman–Crippen LogP) is 3.63. The van der Waals surface area contributed by atoms with Crippen molar-refractivity contribution in [2.24, 2.45) is 0 Å². The molecule has 2 rings (SSSR count). The van der Waals surface area contributed by atoms with Crippen molar-refractivity contribution in [3.05, 3.63) is 28.0 Å². The molecule has 1 aromatic carbocycles. The third kappa shape index (κ3) is 2.19. The predicted molar refractivity (Wildman–Crippen MR) is 66.1 cm³/mol. The van der Waals surface area contributed by atoms with Gasteiger partial charge in [-0.15, -0.1) is 0 Å². The van der Waals surface area contributed by atoms with Gasteiger partial charge in [-0.2, -0.15) is 0 Å². The molecule has 1 aliphatic rings. The van der Waals surface area contributed by atoms with Crippen molar-refractivity contribution in [2.75, 3.05) is 11.4 Å². The van der Waals surface area contributed by atoms with Crippen molar-refractivity contribution in [2.45, 2.75) is 11.2 Å². The molecule has 1 atom stereocenters. The first kappa shape index (κ1) is 12.1. The molecule has 2 nitrogen and oxygen atoms in total. The van der Waals surface area contributed by atoms with Gasteiger partial charge in [0.2, 0.25) is 5.91 Å². The van der Waals surface area contributed by atoms with Gasteiger partial charge < -0.3 is 4.90 Å². The van der Waals surface area contributed by atoms with E-state index in [1.54, 1.807) is 0 Å². The summed E-state index contributed by atoms with van der Waals surface area (Å²) < 4.78 is 13.2. The van der Waals surface area contributed by atoms with Crippen molar-refractivity contribution >= 4 is 50.7 Å². The molecule has 6 heteroatoms. The lowest BCUT2D eigenvalue weighted by Crippen LogP contribution is -2.24. The first-order valence-corrected chi connectivity index (χ1v) is 6.25. The minimum absolute atomic E-state index is 0.0272. The summed E-state index contributed by atoms with van der Waals surface area (Å²) in [7, 11) is 0. The zero-order valence-electron chi connectivity index (χ0n) is 8.01. The van der Waals surface area contributed by atoms with E-state index in [9.17, 15) is 9.18 Å². The van der Waals surface area contributed by atoms with Crippen LogP contribution in [0, 0.1) is 5.82 Å². The molecule has 0 radical (unpaired) electrons. The van der Waals surface area contributed by atoms with Gasteiger partial charge in [0.1, 0.15) is 0 Å². The van der Waals surface area contributed by atoms with Gasteiger partial charge in [-0.3, -0.25) is 4.79 Å². The fourth-order valence-corrected chi connectivity index (χ4v) is 2.65. The van der Waals surface area contributed by atoms with Gasteiger partial charge in [0, 0.05) is 23.5 Å². The number of rotatable bonds is 1. The van der Waals surface area contributed by atoms with Crippen LogP contribution in [0.15, 0.2) is 12.1 Å². The van der Waals surface area contributed by atoms with Crippen LogP contribution in [0.5, 0.6) is 0 Å². The number of halogens is 4. The van der Waals surface area contributed by atoms with Crippen LogP contribution in [0.25, 0.3) is 0 Å². The summed E-state index contributed by atoms with van der Waals surface area (Å²) in [6.45, 7) is 0.539.